The molecule has 0 saturated carbocycles. The number of methoxy groups -OCH3 is 1. The minimum absolute atomic E-state index is 0.0526. The molecule has 0 N–H and O–H groups in total. The number of nitrogens with zero attached hydrogens (tertiary/aromatic N) is 4. The summed E-state index contributed by atoms with van der Waals surface area (Å²) in [6.07, 6.45) is 3.57. The van der Waals surface area contributed by atoms with Gasteiger partial charge in [-0.2, -0.15) is 0 Å². The van der Waals surface area contributed by atoms with Crippen molar-refractivity contribution in [1.29, 1.82) is 0 Å². The summed E-state index contributed by atoms with van der Waals surface area (Å²) >= 11 is 0. The highest BCUT2D eigenvalue weighted by molar-refractivity contribution is 5.91. The van der Waals surface area contributed by atoms with E-state index < -0.39 is 0 Å². The number of hydrogen-bond acceptors (Lipinski definition) is 6. The second-order valence-corrected chi connectivity index (χ2v) is 6.02. The Labute approximate surface area is 146 Å². The van der Waals surface area contributed by atoms with Crippen LogP contribution in [0.5, 0.6) is 0 Å². The predicted octanol–water partition coefficient (Wildman–Crippen LogP) is 2.54. The second-order valence-electron chi connectivity index (χ2n) is 6.02. The molecule has 6 nitrogen and oxygen atoms in total. The first-order chi connectivity index (χ1) is 12.3. The quantitative estimate of drug-likeness (QED) is 0.730. The van der Waals surface area contributed by atoms with E-state index in [-0.39, 0.29) is 6.10 Å². The molecule has 25 heavy (non-hydrogen) atoms. The number of ether oxygens (including phenoxy) is 2. The summed E-state index contributed by atoms with van der Waals surface area (Å²) in [4.78, 5) is 16.0. The molecule has 1 aliphatic rings. The van der Waals surface area contributed by atoms with E-state index >= 15 is 0 Å². The van der Waals surface area contributed by atoms with Crippen molar-refractivity contribution < 1.29 is 9.47 Å². The standard InChI is InChI=1S/C19H20N4O2/c1-24-13-15-12-23(10-11-25-15)19-16-4-2-3-5-17(16)21-18(22-19)14-6-8-20-9-7-14/h2-9,15H,10-13H2,1H3/t15-/m1/s1. The molecule has 0 radical (unpaired) electrons. The summed E-state index contributed by atoms with van der Waals surface area (Å²) in [5.41, 5.74) is 1.90. The molecule has 1 saturated heterocycles. The zero-order valence-corrected chi connectivity index (χ0v) is 14.1. The number of aromatic nitrogens is 3. The van der Waals surface area contributed by atoms with Gasteiger partial charge in [0.25, 0.3) is 0 Å². The number of anilines is 1. The van der Waals surface area contributed by atoms with E-state index in [0.29, 0.717) is 19.0 Å². The van der Waals surface area contributed by atoms with Crippen LogP contribution in [0.15, 0.2) is 48.8 Å². The van der Waals surface area contributed by atoms with Crippen LogP contribution in [0.4, 0.5) is 5.82 Å². The van der Waals surface area contributed by atoms with E-state index in [1.54, 1.807) is 19.5 Å². The molecule has 2 aromatic heterocycles. The number of morpholine rings is 1. The first kappa shape index (κ1) is 15.9. The Kier molecular flexibility index (Phi) is 4.54. The molecule has 0 unspecified atom stereocenters. The molecule has 1 aromatic carbocycles. The van der Waals surface area contributed by atoms with E-state index in [2.05, 4.69) is 16.0 Å². The number of benzene rings is 1. The summed E-state index contributed by atoms with van der Waals surface area (Å²) in [5, 5.41) is 1.05. The van der Waals surface area contributed by atoms with Crippen molar-refractivity contribution in [2.75, 3.05) is 38.3 Å². The summed E-state index contributed by atoms with van der Waals surface area (Å²) in [7, 11) is 1.70. The highest BCUT2D eigenvalue weighted by atomic mass is 16.5. The zero-order valence-electron chi connectivity index (χ0n) is 14.1. The molecule has 0 spiro atoms. The lowest BCUT2D eigenvalue weighted by molar-refractivity contribution is -0.0101. The maximum absolute atomic E-state index is 5.78. The van der Waals surface area contributed by atoms with Gasteiger partial charge in [0.1, 0.15) is 5.82 Å². The SMILES string of the molecule is COC[C@H]1CN(c2nc(-c3ccncc3)nc3ccccc23)CCO1. The van der Waals surface area contributed by atoms with Gasteiger partial charge in [-0.25, -0.2) is 9.97 Å². The molecule has 6 heteroatoms. The van der Waals surface area contributed by atoms with E-state index in [4.69, 9.17) is 19.4 Å². The Hall–Kier alpha value is -2.57. The number of rotatable bonds is 4. The number of pyridine rings is 1. The average Bonchev–Trinajstić information content (AvgIpc) is 2.68. The topological polar surface area (TPSA) is 60.4 Å². The Balaban J connectivity index is 1.79. The molecule has 0 bridgehead atoms. The number of para-hydroxylation sites is 1. The molecule has 0 amide bonds. The molecule has 0 aliphatic carbocycles. The van der Waals surface area contributed by atoms with Crippen LogP contribution >= 0.6 is 0 Å². The Morgan fingerprint density at radius 3 is 2.84 bits per heavy atom. The molecule has 3 heterocycles. The van der Waals surface area contributed by atoms with Gasteiger partial charge in [0.05, 0.1) is 24.8 Å². The van der Waals surface area contributed by atoms with Crippen molar-refractivity contribution in [1.82, 2.24) is 15.0 Å². The lowest BCUT2D eigenvalue weighted by Gasteiger charge is -2.34. The molecule has 128 valence electrons. The molecule has 3 aromatic rings. The van der Waals surface area contributed by atoms with Gasteiger partial charge in [-0.15, -0.1) is 0 Å². The van der Waals surface area contributed by atoms with Gasteiger partial charge in [0, 0.05) is 43.5 Å². The van der Waals surface area contributed by atoms with Gasteiger partial charge in [0.15, 0.2) is 5.82 Å². The second kappa shape index (κ2) is 7.13. The maximum Gasteiger partial charge on any atom is 0.162 e. The third kappa shape index (κ3) is 3.31. The third-order valence-electron chi connectivity index (χ3n) is 4.31. The molecular formula is C19H20N4O2. The molecule has 4 rings (SSSR count). The largest absolute Gasteiger partial charge is 0.382 e. The first-order valence-corrected chi connectivity index (χ1v) is 8.38. The van der Waals surface area contributed by atoms with Crippen LogP contribution in [0.2, 0.25) is 0 Å². The van der Waals surface area contributed by atoms with Crippen molar-refractivity contribution in [3.8, 4) is 11.4 Å². The lowest BCUT2D eigenvalue weighted by Crippen LogP contribution is -2.44. The fraction of sp³-hybridized carbons (Fsp3) is 0.316. The summed E-state index contributed by atoms with van der Waals surface area (Å²) in [6, 6.07) is 12.0. The van der Waals surface area contributed by atoms with Gasteiger partial charge in [-0.05, 0) is 24.3 Å². The smallest absolute Gasteiger partial charge is 0.162 e. The van der Waals surface area contributed by atoms with Crippen molar-refractivity contribution in [2.24, 2.45) is 0 Å². The Morgan fingerprint density at radius 1 is 1.16 bits per heavy atom. The fourth-order valence-electron chi connectivity index (χ4n) is 3.13. The van der Waals surface area contributed by atoms with Crippen LogP contribution in [0.3, 0.4) is 0 Å². The van der Waals surface area contributed by atoms with Crippen molar-refractivity contribution in [3.05, 3.63) is 48.8 Å². The third-order valence-corrected chi connectivity index (χ3v) is 4.31. The van der Waals surface area contributed by atoms with Crippen LogP contribution in [0.25, 0.3) is 22.3 Å². The van der Waals surface area contributed by atoms with E-state index in [1.807, 2.05) is 30.3 Å². The van der Waals surface area contributed by atoms with Crippen LogP contribution in [-0.4, -0.2) is 54.5 Å². The summed E-state index contributed by atoms with van der Waals surface area (Å²) < 4.78 is 11.0. The minimum Gasteiger partial charge on any atom is -0.382 e. The number of fused-ring (bicyclic) bond motifs is 1. The monoisotopic (exact) mass is 336 g/mol. The first-order valence-electron chi connectivity index (χ1n) is 8.38. The van der Waals surface area contributed by atoms with Crippen LogP contribution in [-0.2, 0) is 9.47 Å². The molecule has 1 aliphatic heterocycles. The minimum atomic E-state index is 0.0526. The normalized spacial score (nSPS) is 17.8. The van der Waals surface area contributed by atoms with Crippen LogP contribution < -0.4 is 4.90 Å². The van der Waals surface area contributed by atoms with Gasteiger partial charge >= 0.3 is 0 Å². The summed E-state index contributed by atoms with van der Waals surface area (Å²) in [5.74, 6) is 1.66. The van der Waals surface area contributed by atoms with Crippen LogP contribution in [0.1, 0.15) is 0 Å². The molecule has 1 fully saturated rings. The lowest BCUT2D eigenvalue weighted by atomic mass is 10.1. The molecular weight excluding hydrogens is 316 g/mol. The predicted molar refractivity (Wildman–Crippen MR) is 96.6 cm³/mol. The van der Waals surface area contributed by atoms with Gasteiger partial charge < -0.3 is 14.4 Å². The van der Waals surface area contributed by atoms with E-state index in [1.165, 1.54) is 0 Å². The Bertz CT molecular complexity index is 854. The zero-order chi connectivity index (χ0) is 17.1. The van der Waals surface area contributed by atoms with Gasteiger partial charge in [-0.1, -0.05) is 12.1 Å². The van der Waals surface area contributed by atoms with Crippen molar-refractivity contribution in [3.63, 3.8) is 0 Å². The highest BCUT2D eigenvalue weighted by Gasteiger charge is 2.23. The van der Waals surface area contributed by atoms with E-state index in [9.17, 15) is 0 Å². The Morgan fingerprint density at radius 2 is 2.00 bits per heavy atom. The maximum atomic E-state index is 5.78. The number of hydrogen-bond donors (Lipinski definition) is 0. The molecule has 1 atom stereocenters. The average molecular weight is 336 g/mol. The van der Waals surface area contributed by atoms with Gasteiger partial charge in [-0.3, -0.25) is 4.98 Å². The van der Waals surface area contributed by atoms with Crippen LogP contribution in [0, 0.1) is 0 Å². The highest BCUT2D eigenvalue weighted by Crippen LogP contribution is 2.28. The summed E-state index contributed by atoms with van der Waals surface area (Å²) in [6.45, 7) is 2.80. The van der Waals surface area contributed by atoms with Crippen molar-refractivity contribution >= 4 is 16.7 Å². The van der Waals surface area contributed by atoms with E-state index in [0.717, 1.165) is 35.4 Å². The van der Waals surface area contributed by atoms with Crippen molar-refractivity contribution in [2.45, 2.75) is 6.10 Å². The van der Waals surface area contributed by atoms with Gasteiger partial charge in [0.2, 0.25) is 0 Å². The fourth-order valence-corrected chi connectivity index (χ4v) is 3.13.